The van der Waals surface area contributed by atoms with Crippen LogP contribution in [0.25, 0.3) is 5.70 Å². The summed E-state index contributed by atoms with van der Waals surface area (Å²) < 4.78 is 5.09. The fourth-order valence-electron chi connectivity index (χ4n) is 2.22. The summed E-state index contributed by atoms with van der Waals surface area (Å²) >= 11 is 17.2. The van der Waals surface area contributed by atoms with Gasteiger partial charge in [0.05, 0.1) is 17.5 Å². The molecule has 0 saturated carbocycles. The van der Waals surface area contributed by atoms with E-state index in [1.54, 1.807) is 25.3 Å². The van der Waals surface area contributed by atoms with Gasteiger partial charge in [0, 0.05) is 15.9 Å². The van der Waals surface area contributed by atoms with Gasteiger partial charge in [-0.3, -0.25) is 15.6 Å². The zero-order valence-corrected chi connectivity index (χ0v) is 15.2. The molecule has 0 atom stereocenters. The molecule has 1 aliphatic rings. The van der Waals surface area contributed by atoms with Crippen molar-refractivity contribution in [2.75, 3.05) is 12.4 Å². The maximum Gasteiger partial charge on any atom is 0.296 e. The number of ether oxygens (including phenoxy) is 1. The molecule has 9 heteroatoms. The Morgan fingerprint density at radius 3 is 2.60 bits per heavy atom. The third-order valence-corrected chi connectivity index (χ3v) is 4.08. The fourth-order valence-corrected chi connectivity index (χ4v) is 2.92. The van der Waals surface area contributed by atoms with Crippen molar-refractivity contribution in [1.82, 2.24) is 10.9 Å². The largest absolute Gasteiger partial charge is 0.497 e. The van der Waals surface area contributed by atoms with Crippen molar-refractivity contribution < 1.29 is 9.53 Å². The summed E-state index contributed by atoms with van der Waals surface area (Å²) in [4.78, 5) is 16.0. The maximum atomic E-state index is 12.1. The fraction of sp³-hybridized carbons (Fsp3) is 0.0625. The van der Waals surface area contributed by atoms with Gasteiger partial charge in [-0.25, -0.2) is 4.99 Å². The van der Waals surface area contributed by atoms with Gasteiger partial charge in [0.15, 0.2) is 5.11 Å². The zero-order valence-electron chi connectivity index (χ0n) is 12.9. The lowest BCUT2D eigenvalue weighted by Crippen LogP contribution is -2.42. The highest BCUT2D eigenvalue weighted by molar-refractivity contribution is 7.80. The highest BCUT2D eigenvalue weighted by Gasteiger charge is 2.18. The van der Waals surface area contributed by atoms with E-state index in [4.69, 9.17) is 40.2 Å². The smallest absolute Gasteiger partial charge is 0.296 e. The molecule has 0 radical (unpaired) electrons. The second-order valence-corrected chi connectivity index (χ2v) is 6.26. The van der Waals surface area contributed by atoms with Gasteiger partial charge < -0.3 is 10.1 Å². The van der Waals surface area contributed by atoms with E-state index in [-0.39, 0.29) is 10.8 Å². The Labute approximate surface area is 158 Å². The number of amides is 1. The van der Waals surface area contributed by atoms with E-state index in [9.17, 15) is 4.79 Å². The molecule has 3 rings (SSSR count). The average Bonchev–Trinajstić information content (AvgIpc) is 2.89. The highest BCUT2D eigenvalue weighted by atomic mass is 35.5. The average molecular weight is 395 g/mol. The van der Waals surface area contributed by atoms with E-state index in [1.807, 2.05) is 12.1 Å². The molecule has 1 aliphatic heterocycles. The van der Waals surface area contributed by atoms with Crippen LogP contribution in [0.3, 0.4) is 0 Å². The summed E-state index contributed by atoms with van der Waals surface area (Å²) in [6, 6.07) is 10.4. The molecule has 0 fully saturated rings. The van der Waals surface area contributed by atoms with Crippen LogP contribution in [0.15, 0.2) is 41.4 Å². The molecule has 6 nitrogen and oxygen atoms in total. The van der Waals surface area contributed by atoms with Crippen LogP contribution in [0.4, 0.5) is 5.69 Å². The molecule has 128 valence electrons. The first kappa shape index (κ1) is 17.5. The molecule has 0 aromatic heterocycles. The second-order valence-electron chi connectivity index (χ2n) is 5.01. The number of hydrogen-bond donors (Lipinski definition) is 3. The molecule has 0 saturated heterocycles. The number of nitrogens with one attached hydrogen (secondary N) is 3. The summed E-state index contributed by atoms with van der Waals surface area (Å²) in [5, 5.41) is 4.86. The lowest BCUT2D eigenvalue weighted by atomic mass is 10.2. The van der Waals surface area contributed by atoms with E-state index in [0.29, 0.717) is 20.6 Å². The summed E-state index contributed by atoms with van der Waals surface area (Å²) in [6.45, 7) is 0. The van der Waals surface area contributed by atoms with Crippen LogP contribution >= 0.6 is 35.4 Å². The third kappa shape index (κ3) is 3.84. The van der Waals surface area contributed by atoms with E-state index < -0.39 is 5.91 Å². The first-order valence-electron chi connectivity index (χ1n) is 7.07. The number of thiocarbonyl (C=S) groups is 1. The van der Waals surface area contributed by atoms with Gasteiger partial charge in [0.1, 0.15) is 11.4 Å². The SMILES string of the molecule is COc1ccc(NC(=S)NNC2=c3cc(Cl)cc(Cl)c3=NC2=O)cc1. The number of hydrazine groups is 1. The van der Waals surface area contributed by atoms with E-state index in [1.165, 1.54) is 6.07 Å². The quantitative estimate of drug-likeness (QED) is 0.541. The Hall–Kier alpha value is -2.35. The van der Waals surface area contributed by atoms with E-state index in [2.05, 4.69) is 21.2 Å². The maximum absolute atomic E-state index is 12.1. The van der Waals surface area contributed by atoms with Gasteiger partial charge in [0.25, 0.3) is 5.91 Å². The number of methoxy groups -OCH3 is 1. The van der Waals surface area contributed by atoms with E-state index >= 15 is 0 Å². The number of fused-ring (bicyclic) bond motifs is 1. The Morgan fingerprint density at radius 2 is 1.92 bits per heavy atom. The van der Waals surface area contributed by atoms with Crippen molar-refractivity contribution in [3.63, 3.8) is 0 Å². The van der Waals surface area contributed by atoms with Crippen molar-refractivity contribution in [2.24, 2.45) is 4.99 Å². The summed E-state index contributed by atoms with van der Waals surface area (Å²) in [5.41, 5.74) is 6.49. The molecule has 0 bridgehead atoms. The first-order chi connectivity index (χ1) is 12.0. The number of carbonyl (C=O) groups is 1. The van der Waals surface area contributed by atoms with Crippen LogP contribution in [-0.4, -0.2) is 18.1 Å². The Bertz CT molecular complexity index is 977. The number of hydrogen-bond acceptors (Lipinski definition) is 4. The molecular weight excluding hydrogens is 383 g/mol. The minimum Gasteiger partial charge on any atom is -0.497 e. The monoisotopic (exact) mass is 394 g/mol. The molecule has 2 aromatic rings. The molecule has 1 amide bonds. The number of rotatable bonds is 4. The Balaban J connectivity index is 1.73. The minimum absolute atomic E-state index is 0.221. The Kier molecular flexibility index (Phi) is 5.08. The van der Waals surface area contributed by atoms with E-state index in [0.717, 1.165) is 11.4 Å². The van der Waals surface area contributed by atoms with Crippen molar-refractivity contribution in [1.29, 1.82) is 0 Å². The topological polar surface area (TPSA) is 74.8 Å². The minimum atomic E-state index is -0.459. The van der Waals surface area contributed by atoms with Crippen LogP contribution in [0.1, 0.15) is 0 Å². The predicted molar refractivity (Wildman–Crippen MR) is 101 cm³/mol. The third-order valence-electron chi connectivity index (χ3n) is 3.37. The summed E-state index contributed by atoms with van der Waals surface area (Å²) in [5.74, 6) is 0.278. The van der Waals surface area contributed by atoms with Crippen LogP contribution in [-0.2, 0) is 4.79 Å². The van der Waals surface area contributed by atoms with Gasteiger partial charge in [-0.1, -0.05) is 23.2 Å². The first-order valence-corrected chi connectivity index (χ1v) is 8.24. The van der Waals surface area contributed by atoms with Gasteiger partial charge in [-0.05, 0) is 48.6 Å². The molecule has 2 aromatic carbocycles. The lowest BCUT2D eigenvalue weighted by Gasteiger charge is -2.12. The number of benzene rings is 2. The number of anilines is 1. The van der Waals surface area contributed by atoms with Gasteiger partial charge in [-0.2, -0.15) is 0 Å². The standard InChI is InChI=1S/C16H12Cl2N4O2S/c1-24-10-4-2-9(3-5-10)19-16(25)22-21-14-11-6-8(17)7-12(18)13(11)20-15(14)23/h2-7H,1H3,(H2,19,22,25)(H,20,21,23). The van der Waals surface area contributed by atoms with Crippen molar-refractivity contribution in [3.05, 3.63) is 57.0 Å². The lowest BCUT2D eigenvalue weighted by molar-refractivity contribution is -0.113. The van der Waals surface area contributed by atoms with Crippen LogP contribution in [0.5, 0.6) is 5.75 Å². The number of nitrogens with zero attached hydrogens (tertiary/aromatic N) is 1. The molecule has 3 N–H and O–H groups in total. The molecule has 0 unspecified atom stereocenters. The highest BCUT2D eigenvalue weighted by Crippen LogP contribution is 2.15. The molecular formula is C16H12Cl2N4O2S. The summed E-state index contributed by atoms with van der Waals surface area (Å²) in [6.07, 6.45) is 0. The Morgan fingerprint density at radius 1 is 1.20 bits per heavy atom. The number of halogens is 2. The van der Waals surface area contributed by atoms with Crippen LogP contribution in [0.2, 0.25) is 10.0 Å². The molecule has 0 spiro atoms. The van der Waals surface area contributed by atoms with Gasteiger partial charge in [-0.15, -0.1) is 0 Å². The van der Waals surface area contributed by atoms with Crippen molar-refractivity contribution in [3.8, 4) is 5.75 Å². The summed E-state index contributed by atoms with van der Waals surface area (Å²) in [7, 11) is 1.59. The number of carbonyl (C=O) groups excluding carboxylic acids is 1. The van der Waals surface area contributed by atoms with Crippen molar-refractivity contribution in [2.45, 2.75) is 0 Å². The normalized spacial score (nSPS) is 12.3. The second kappa shape index (κ2) is 7.26. The van der Waals surface area contributed by atoms with Gasteiger partial charge >= 0.3 is 0 Å². The molecule has 0 aliphatic carbocycles. The van der Waals surface area contributed by atoms with Crippen LogP contribution in [0, 0.1) is 0 Å². The van der Waals surface area contributed by atoms with Crippen LogP contribution < -0.4 is 31.5 Å². The zero-order chi connectivity index (χ0) is 18.0. The predicted octanol–water partition coefficient (Wildman–Crippen LogP) is 1.76. The molecule has 1 heterocycles. The van der Waals surface area contributed by atoms with Crippen molar-refractivity contribution >= 4 is 57.8 Å². The van der Waals surface area contributed by atoms with Gasteiger partial charge in [0.2, 0.25) is 0 Å². The molecule has 25 heavy (non-hydrogen) atoms.